The first kappa shape index (κ1) is 24.8. The highest BCUT2D eigenvalue weighted by Gasteiger charge is 2.19. The topological polar surface area (TPSA) is 18.1 Å². The number of aromatic nitrogens is 1. The second-order valence-electron chi connectivity index (χ2n) is 11.7. The Bertz CT molecular complexity index is 2760. The average molecular weight is 592 g/mol. The lowest BCUT2D eigenvalue weighted by molar-refractivity contribution is 0.670. The molecular formula is C42H25NOS. The number of rotatable bonds is 3. The van der Waals surface area contributed by atoms with Crippen LogP contribution in [0.3, 0.4) is 0 Å². The number of benzene rings is 7. The minimum absolute atomic E-state index is 0.907. The SMILES string of the molecule is c1ccc(-c2cc(-n3c4ccccc4c4cc(-c5ccc6c(c5)sc5ccccc56)ccc43)cc3c2oc2ccccc23)cc1. The van der Waals surface area contributed by atoms with Crippen LogP contribution in [0.25, 0.3) is 91.9 Å². The molecule has 3 heteroatoms. The number of hydrogen-bond donors (Lipinski definition) is 0. The van der Waals surface area contributed by atoms with Crippen molar-refractivity contribution < 1.29 is 4.42 Å². The first-order chi connectivity index (χ1) is 22.3. The molecule has 2 nitrogen and oxygen atoms in total. The lowest BCUT2D eigenvalue weighted by Crippen LogP contribution is -1.95. The van der Waals surface area contributed by atoms with Gasteiger partial charge in [0.15, 0.2) is 0 Å². The molecule has 3 aromatic heterocycles. The van der Waals surface area contributed by atoms with Gasteiger partial charge in [0.2, 0.25) is 0 Å². The molecule has 3 heterocycles. The van der Waals surface area contributed by atoms with Gasteiger partial charge in [-0.2, -0.15) is 0 Å². The second-order valence-corrected chi connectivity index (χ2v) is 12.8. The van der Waals surface area contributed by atoms with Gasteiger partial charge in [0.05, 0.1) is 11.0 Å². The highest BCUT2D eigenvalue weighted by Crippen LogP contribution is 2.42. The van der Waals surface area contributed by atoms with Crippen molar-refractivity contribution in [1.29, 1.82) is 0 Å². The summed E-state index contributed by atoms with van der Waals surface area (Å²) in [7, 11) is 0. The molecule has 0 unspecified atom stereocenters. The van der Waals surface area contributed by atoms with Gasteiger partial charge >= 0.3 is 0 Å². The maximum Gasteiger partial charge on any atom is 0.143 e. The van der Waals surface area contributed by atoms with Crippen LogP contribution in [-0.2, 0) is 0 Å². The van der Waals surface area contributed by atoms with Crippen molar-refractivity contribution in [2.75, 3.05) is 0 Å². The van der Waals surface area contributed by atoms with E-state index in [1.54, 1.807) is 0 Å². The molecule has 0 saturated heterocycles. The van der Waals surface area contributed by atoms with E-state index in [4.69, 9.17) is 4.42 Å². The molecule has 0 saturated carbocycles. The van der Waals surface area contributed by atoms with Gasteiger partial charge in [0.1, 0.15) is 11.2 Å². The van der Waals surface area contributed by atoms with E-state index in [9.17, 15) is 0 Å². The summed E-state index contributed by atoms with van der Waals surface area (Å²) in [6.07, 6.45) is 0. The first-order valence-corrected chi connectivity index (χ1v) is 16.1. The van der Waals surface area contributed by atoms with E-state index in [-0.39, 0.29) is 0 Å². The third-order valence-corrected chi connectivity index (χ3v) is 10.3. The van der Waals surface area contributed by atoms with Crippen LogP contribution in [0.15, 0.2) is 156 Å². The van der Waals surface area contributed by atoms with Crippen molar-refractivity contribution in [2.45, 2.75) is 0 Å². The molecule has 0 aliphatic carbocycles. The largest absolute Gasteiger partial charge is 0.455 e. The van der Waals surface area contributed by atoms with E-state index >= 15 is 0 Å². The van der Waals surface area contributed by atoms with Gasteiger partial charge in [-0.25, -0.2) is 0 Å². The highest BCUT2D eigenvalue weighted by atomic mass is 32.1. The molecule has 0 fully saturated rings. The quantitative estimate of drug-likeness (QED) is 0.200. The normalized spacial score (nSPS) is 12.0. The Kier molecular flexibility index (Phi) is 5.19. The van der Waals surface area contributed by atoms with Crippen LogP contribution < -0.4 is 0 Å². The summed E-state index contributed by atoms with van der Waals surface area (Å²) in [5.41, 5.74) is 10.0. The molecule has 0 bridgehead atoms. The zero-order valence-corrected chi connectivity index (χ0v) is 25.0. The van der Waals surface area contributed by atoms with Gasteiger partial charge < -0.3 is 8.98 Å². The van der Waals surface area contributed by atoms with Crippen LogP contribution in [0.2, 0.25) is 0 Å². The van der Waals surface area contributed by atoms with Crippen molar-refractivity contribution in [2.24, 2.45) is 0 Å². The Morgan fingerprint density at radius 2 is 1.11 bits per heavy atom. The summed E-state index contributed by atoms with van der Waals surface area (Å²) < 4.78 is 11.6. The van der Waals surface area contributed by atoms with Gasteiger partial charge in [0, 0.05) is 53.0 Å². The fourth-order valence-electron chi connectivity index (χ4n) is 7.11. The zero-order valence-electron chi connectivity index (χ0n) is 24.2. The van der Waals surface area contributed by atoms with E-state index in [0.717, 1.165) is 38.8 Å². The molecule has 0 atom stereocenters. The molecule has 0 aliphatic heterocycles. The van der Waals surface area contributed by atoms with E-state index in [0.29, 0.717) is 0 Å². The highest BCUT2D eigenvalue weighted by molar-refractivity contribution is 7.25. The average Bonchev–Trinajstić information content (AvgIpc) is 3.77. The van der Waals surface area contributed by atoms with Crippen molar-refractivity contribution in [3.8, 4) is 27.9 Å². The summed E-state index contributed by atoms with van der Waals surface area (Å²) in [6, 6.07) is 54.8. The number of hydrogen-bond acceptors (Lipinski definition) is 2. The summed E-state index contributed by atoms with van der Waals surface area (Å²) in [4.78, 5) is 0. The van der Waals surface area contributed by atoms with Crippen LogP contribution in [0.4, 0.5) is 0 Å². The molecule has 7 aromatic carbocycles. The Morgan fingerprint density at radius 1 is 0.422 bits per heavy atom. The standard InChI is InChI=1S/C42H25NOS/c1-2-10-26(11-3-1)34-24-29(25-36-31-13-5-8-16-39(31)44-42(34)36)43-37-15-7-4-12-30(37)35-22-27(19-21-38(35)43)28-18-20-33-32-14-6-9-17-40(32)45-41(33)23-28/h1-25H. The molecule has 45 heavy (non-hydrogen) atoms. The summed E-state index contributed by atoms with van der Waals surface area (Å²) in [6.45, 7) is 0. The van der Waals surface area contributed by atoms with Crippen molar-refractivity contribution in [1.82, 2.24) is 4.57 Å². The first-order valence-electron chi connectivity index (χ1n) is 15.3. The smallest absolute Gasteiger partial charge is 0.143 e. The number of nitrogens with zero attached hydrogens (tertiary/aromatic N) is 1. The van der Waals surface area contributed by atoms with Gasteiger partial charge in [-0.3, -0.25) is 0 Å². The van der Waals surface area contributed by atoms with Crippen LogP contribution in [0, 0.1) is 0 Å². The van der Waals surface area contributed by atoms with E-state index in [1.807, 2.05) is 17.4 Å². The molecule has 0 aliphatic rings. The molecule has 0 amide bonds. The molecule has 210 valence electrons. The van der Waals surface area contributed by atoms with Gasteiger partial charge in [-0.05, 0) is 65.2 Å². The van der Waals surface area contributed by atoms with Gasteiger partial charge in [0.25, 0.3) is 0 Å². The summed E-state index contributed by atoms with van der Waals surface area (Å²) in [5.74, 6) is 0. The monoisotopic (exact) mass is 591 g/mol. The lowest BCUT2D eigenvalue weighted by Gasteiger charge is -2.12. The van der Waals surface area contributed by atoms with E-state index < -0.39 is 0 Å². The maximum atomic E-state index is 6.49. The summed E-state index contributed by atoms with van der Waals surface area (Å²) >= 11 is 1.87. The molecular weight excluding hydrogens is 567 g/mol. The van der Waals surface area contributed by atoms with Crippen LogP contribution in [-0.4, -0.2) is 4.57 Å². The predicted octanol–water partition coefficient (Wildman–Crippen LogP) is 12.4. The Labute approximate surface area is 263 Å². The van der Waals surface area contributed by atoms with Crippen molar-refractivity contribution in [3.63, 3.8) is 0 Å². The van der Waals surface area contributed by atoms with Gasteiger partial charge in [-0.1, -0.05) is 103 Å². The number of para-hydroxylation sites is 2. The minimum Gasteiger partial charge on any atom is -0.455 e. The Morgan fingerprint density at radius 3 is 2.02 bits per heavy atom. The molecule has 10 aromatic rings. The maximum absolute atomic E-state index is 6.49. The predicted molar refractivity (Wildman–Crippen MR) is 192 cm³/mol. The third kappa shape index (κ3) is 3.68. The van der Waals surface area contributed by atoms with Crippen molar-refractivity contribution in [3.05, 3.63) is 152 Å². The fourth-order valence-corrected chi connectivity index (χ4v) is 8.25. The fraction of sp³-hybridized carbons (Fsp3) is 0. The minimum atomic E-state index is 0.907. The number of furan rings is 1. The Hall–Kier alpha value is -5.64. The van der Waals surface area contributed by atoms with Crippen LogP contribution >= 0.6 is 11.3 Å². The van der Waals surface area contributed by atoms with Crippen LogP contribution in [0.1, 0.15) is 0 Å². The molecule has 0 N–H and O–H groups in total. The van der Waals surface area contributed by atoms with Crippen molar-refractivity contribution >= 4 is 75.3 Å². The number of fused-ring (bicyclic) bond motifs is 9. The van der Waals surface area contributed by atoms with E-state index in [1.165, 1.54) is 53.1 Å². The summed E-state index contributed by atoms with van der Waals surface area (Å²) in [5, 5.41) is 7.41. The molecule has 0 radical (unpaired) electrons. The Balaban J connectivity index is 1.22. The second kappa shape index (κ2) is 9.43. The van der Waals surface area contributed by atoms with Crippen LogP contribution in [0.5, 0.6) is 0 Å². The van der Waals surface area contributed by atoms with E-state index in [2.05, 4.69) is 150 Å². The van der Waals surface area contributed by atoms with Gasteiger partial charge in [-0.15, -0.1) is 11.3 Å². The lowest BCUT2D eigenvalue weighted by atomic mass is 10.0. The molecule has 0 spiro atoms. The number of thiophene rings is 1. The third-order valence-electron chi connectivity index (χ3n) is 9.19. The molecule has 10 rings (SSSR count). The zero-order chi connectivity index (χ0) is 29.5.